The molecule has 0 radical (unpaired) electrons. The molecule has 0 saturated carbocycles. The third-order valence-electron chi connectivity index (χ3n) is 18.2. The van der Waals surface area contributed by atoms with Gasteiger partial charge < -0.3 is 0 Å². The van der Waals surface area contributed by atoms with Crippen LogP contribution in [0.4, 0.5) is 0 Å². The number of fused-ring (bicyclic) bond motifs is 16. The van der Waals surface area contributed by atoms with E-state index in [1.165, 1.54) is 165 Å². The Morgan fingerprint density at radius 2 is 0.474 bits per heavy atom. The predicted octanol–water partition coefficient (Wildman–Crippen LogP) is 21.6. The van der Waals surface area contributed by atoms with Gasteiger partial charge in [-0.1, -0.05) is 234 Å². The molecule has 2 aliphatic carbocycles. The van der Waals surface area contributed by atoms with E-state index in [1.807, 2.05) is 0 Å². The van der Waals surface area contributed by atoms with E-state index in [0.29, 0.717) is 0 Å². The van der Waals surface area contributed by atoms with Crippen LogP contribution in [0, 0.1) is 0 Å². The van der Waals surface area contributed by atoms with Crippen LogP contribution in [0.25, 0.3) is 143 Å². The molecule has 0 aliphatic heterocycles. The SMILES string of the molecule is CC1(C)c2ccccc2-c2ccc(-c3cc4c5ccc(-c6ccc7c(-c8ccccc8)cc8c9ccccc9c(-c9ccccc9)cc8c7c6)cc5c(-c5ccc6c(c5)C(C)(C)c5ccccc5-6)cc4c4ccccc34)cc21. The summed E-state index contributed by atoms with van der Waals surface area (Å²) in [6.07, 6.45) is 0. The Labute approximate surface area is 455 Å². The van der Waals surface area contributed by atoms with Gasteiger partial charge in [-0.15, -0.1) is 0 Å². The first kappa shape index (κ1) is 44.9. The van der Waals surface area contributed by atoms with Crippen LogP contribution in [0.1, 0.15) is 49.9 Å². The monoisotopic (exact) mass is 990 g/mol. The van der Waals surface area contributed by atoms with Gasteiger partial charge in [-0.25, -0.2) is 0 Å². The molecule has 14 aromatic carbocycles. The Kier molecular flexibility index (Phi) is 9.54. The van der Waals surface area contributed by atoms with Crippen LogP contribution in [0.3, 0.4) is 0 Å². The smallest absolute Gasteiger partial charge is 0.0159 e. The number of benzene rings is 14. The molecule has 16 rings (SSSR count). The van der Waals surface area contributed by atoms with Gasteiger partial charge in [-0.3, -0.25) is 0 Å². The Hall–Kier alpha value is -9.36. The van der Waals surface area contributed by atoms with Gasteiger partial charge in [0.2, 0.25) is 0 Å². The van der Waals surface area contributed by atoms with Crippen molar-refractivity contribution < 1.29 is 0 Å². The third-order valence-corrected chi connectivity index (χ3v) is 18.2. The van der Waals surface area contributed by atoms with Crippen LogP contribution in [0.15, 0.2) is 255 Å². The topological polar surface area (TPSA) is 0 Å². The molecular formula is C78H54. The molecule has 0 aromatic heterocycles. The van der Waals surface area contributed by atoms with Gasteiger partial charge >= 0.3 is 0 Å². The van der Waals surface area contributed by atoms with Crippen molar-refractivity contribution in [1.82, 2.24) is 0 Å². The van der Waals surface area contributed by atoms with Gasteiger partial charge in [-0.05, 0) is 213 Å². The average molecular weight is 991 g/mol. The maximum absolute atomic E-state index is 2.52. The molecule has 78 heavy (non-hydrogen) atoms. The second kappa shape index (κ2) is 16.6. The fourth-order valence-corrected chi connectivity index (χ4v) is 14.3. The van der Waals surface area contributed by atoms with Crippen molar-refractivity contribution in [2.75, 3.05) is 0 Å². The summed E-state index contributed by atoms with van der Waals surface area (Å²) in [5.74, 6) is 0. The first-order valence-electron chi connectivity index (χ1n) is 27.6. The first-order valence-corrected chi connectivity index (χ1v) is 27.6. The van der Waals surface area contributed by atoms with Crippen molar-refractivity contribution >= 4 is 64.6 Å². The predicted molar refractivity (Wildman–Crippen MR) is 334 cm³/mol. The molecule has 0 amide bonds. The van der Waals surface area contributed by atoms with Crippen molar-refractivity contribution in [3.05, 3.63) is 277 Å². The lowest BCUT2D eigenvalue weighted by molar-refractivity contribution is 0.660. The lowest BCUT2D eigenvalue weighted by Gasteiger charge is -2.23. The zero-order chi connectivity index (χ0) is 52.0. The Bertz CT molecular complexity index is 4880. The molecule has 2 aliphatic rings. The minimum absolute atomic E-state index is 0.103. The van der Waals surface area contributed by atoms with Gasteiger partial charge in [-0.2, -0.15) is 0 Å². The highest BCUT2D eigenvalue weighted by molar-refractivity contribution is 6.26. The molecular weight excluding hydrogens is 937 g/mol. The van der Waals surface area contributed by atoms with Gasteiger partial charge in [0.25, 0.3) is 0 Å². The van der Waals surface area contributed by atoms with E-state index in [4.69, 9.17) is 0 Å². The van der Waals surface area contributed by atoms with Crippen molar-refractivity contribution in [3.8, 4) is 77.9 Å². The molecule has 14 aromatic rings. The van der Waals surface area contributed by atoms with E-state index in [1.54, 1.807) is 0 Å². The van der Waals surface area contributed by atoms with Crippen LogP contribution in [0.2, 0.25) is 0 Å². The van der Waals surface area contributed by atoms with E-state index in [0.717, 1.165) is 0 Å². The van der Waals surface area contributed by atoms with Gasteiger partial charge in [0.1, 0.15) is 0 Å². The number of hydrogen-bond donors (Lipinski definition) is 0. The zero-order valence-electron chi connectivity index (χ0n) is 44.2. The maximum atomic E-state index is 2.52. The van der Waals surface area contributed by atoms with Crippen molar-refractivity contribution in [1.29, 1.82) is 0 Å². The summed E-state index contributed by atoms with van der Waals surface area (Å²) in [4.78, 5) is 0. The van der Waals surface area contributed by atoms with Gasteiger partial charge in [0.15, 0.2) is 0 Å². The van der Waals surface area contributed by atoms with E-state index in [2.05, 4.69) is 282 Å². The fraction of sp³-hybridized carbons (Fsp3) is 0.0769. The van der Waals surface area contributed by atoms with E-state index < -0.39 is 0 Å². The molecule has 0 fully saturated rings. The minimum atomic E-state index is -0.134. The highest BCUT2D eigenvalue weighted by Gasteiger charge is 2.37. The van der Waals surface area contributed by atoms with Crippen LogP contribution in [0.5, 0.6) is 0 Å². The normalized spacial score (nSPS) is 13.8. The van der Waals surface area contributed by atoms with E-state index >= 15 is 0 Å². The van der Waals surface area contributed by atoms with E-state index in [-0.39, 0.29) is 10.8 Å². The summed E-state index contributed by atoms with van der Waals surface area (Å²) < 4.78 is 0. The quantitative estimate of drug-likeness (QED) is 0.151. The summed E-state index contributed by atoms with van der Waals surface area (Å²) >= 11 is 0. The molecule has 0 heteroatoms. The highest BCUT2D eigenvalue weighted by Crippen LogP contribution is 2.53. The highest BCUT2D eigenvalue weighted by atomic mass is 14.4. The third kappa shape index (κ3) is 6.47. The Balaban J connectivity index is 0.960. The molecule has 0 saturated heterocycles. The van der Waals surface area contributed by atoms with Crippen LogP contribution >= 0.6 is 0 Å². The molecule has 0 unspecified atom stereocenters. The molecule has 0 spiro atoms. The Morgan fingerprint density at radius 3 is 0.962 bits per heavy atom. The van der Waals surface area contributed by atoms with Crippen LogP contribution < -0.4 is 0 Å². The van der Waals surface area contributed by atoms with Crippen molar-refractivity contribution in [2.45, 2.75) is 38.5 Å². The molecule has 0 bridgehead atoms. The molecule has 366 valence electrons. The first-order chi connectivity index (χ1) is 38.2. The summed E-state index contributed by atoms with van der Waals surface area (Å²) in [5.41, 5.74) is 23.0. The number of hydrogen-bond acceptors (Lipinski definition) is 0. The zero-order valence-corrected chi connectivity index (χ0v) is 44.2. The molecule has 0 nitrogen and oxygen atoms in total. The summed E-state index contributed by atoms with van der Waals surface area (Å²) in [6, 6.07) is 96.8. The van der Waals surface area contributed by atoms with Crippen LogP contribution in [-0.2, 0) is 10.8 Å². The minimum Gasteiger partial charge on any atom is -0.0622 e. The van der Waals surface area contributed by atoms with Gasteiger partial charge in [0.05, 0.1) is 0 Å². The average Bonchev–Trinajstić information content (AvgIpc) is 4.01. The largest absolute Gasteiger partial charge is 0.0622 e. The second-order valence-electron chi connectivity index (χ2n) is 23.1. The van der Waals surface area contributed by atoms with Crippen molar-refractivity contribution in [3.63, 3.8) is 0 Å². The Morgan fingerprint density at radius 1 is 0.167 bits per heavy atom. The lowest BCUT2D eigenvalue weighted by atomic mass is 9.80. The molecule has 0 N–H and O–H groups in total. The van der Waals surface area contributed by atoms with Crippen LogP contribution in [-0.4, -0.2) is 0 Å². The van der Waals surface area contributed by atoms with Gasteiger partial charge in [0, 0.05) is 10.8 Å². The standard InChI is InChI=1S/C78H54/c1-77(2)73-29-17-15-27-59(73)61-37-33-51(41-75(61)77)65-45-71-58-36-32-49(39-67(58)66(46-69(71)56-26-14-12-24-54(56)65)52-34-38-62-60-28-16-18-30-74(60)78(3,4)76(62)42-52)50-31-35-57-64(48-21-9-6-10-22-48)43-70-55-25-13-11-23-53(55)63(44-72(70)68(57)40-50)47-19-7-5-8-20-47/h5-46H,1-4H3. The second-order valence-corrected chi connectivity index (χ2v) is 23.1. The van der Waals surface area contributed by atoms with Crippen molar-refractivity contribution in [2.24, 2.45) is 0 Å². The number of rotatable bonds is 5. The molecule has 0 atom stereocenters. The van der Waals surface area contributed by atoms with E-state index in [9.17, 15) is 0 Å². The summed E-state index contributed by atoms with van der Waals surface area (Å²) in [6.45, 7) is 9.55. The lowest BCUT2D eigenvalue weighted by Crippen LogP contribution is -2.14. The summed E-state index contributed by atoms with van der Waals surface area (Å²) in [7, 11) is 0. The molecule has 0 heterocycles. The maximum Gasteiger partial charge on any atom is 0.0159 e. The fourth-order valence-electron chi connectivity index (χ4n) is 14.3. The summed E-state index contributed by atoms with van der Waals surface area (Å²) in [5, 5.41) is 15.1.